The van der Waals surface area contributed by atoms with Crippen molar-refractivity contribution in [3.63, 3.8) is 0 Å². The Kier molecular flexibility index (Phi) is 3.12. The minimum Gasteiger partial charge on any atom is -0.397 e. The Morgan fingerprint density at radius 1 is 1.46 bits per heavy atom. The standard InChI is InChI=1S/C9H12N4/c10-3-4-13-9-2-1-7(6-11)5-8(9)12/h1-2,5,13H,3-4,10,12H2. The van der Waals surface area contributed by atoms with Crippen LogP contribution in [0, 0.1) is 11.3 Å². The number of nitrogens with zero attached hydrogens (tertiary/aromatic N) is 1. The molecule has 0 aromatic heterocycles. The van der Waals surface area contributed by atoms with Gasteiger partial charge in [-0.25, -0.2) is 0 Å². The second kappa shape index (κ2) is 4.33. The maximum atomic E-state index is 8.58. The molecule has 0 amide bonds. The lowest BCUT2D eigenvalue weighted by Gasteiger charge is -2.07. The van der Waals surface area contributed by atoms with E-state index >= 15 is 0 Å². The first-order chi connectivity index (χ1) is 6.27. The van der Waals surface area contributed by atoms with Crippen molar-refractivity contribution in [2.75, 3.05) is 24.1 Å². The van der Waals surface area contributed by atoms with Crippen LogP contribution in [0.1, 0.15) is 5.56 Å². The molecular formula is C9H12N4. The first-order valence-electron chi connectivity index (χ1n) is 4.01. The minimum absolute atomic E-state index is 0.555. The van der Waals surface area contributed by atoms with Gasteiger partial charge in [-0.1, -0.05) is 0 Å². The first kappa shape index (κ1) is 9.36. The van der Waals surface area contributed by atoms with E-state index in [9.17, 15) is 0 Å². The Labute approximate surface area is 77.1 Å². The molecule has 0 atom stereocenters. The van der Waals surface area contributed by atoms with E-state index in [1.807, 2.05) is 6.07 Å². The molecule has 0 aliphatic carbocycles. The summed E-state index contributed by atoms with van der Waals surface area (Å²) in [6.45, 7) is 1.23. The molecule has 0 aliphatic rings. The van der Waals surface area contributed by atoms with Crippen molar-refractivity contribution < 1.29 is 0 Å². The largest absolute Gasteiger partial charge is 0.397 e. The fourth-order valence-corrected chi connectivity index (χ4v) is 1.00. The van der Waals surface area contributed by atoms with Crippen LogP contribution in [-0.2, 0) is 0 Å². The highest BCUT2D eigenvalue weighted by molar-refractivity contribution is 5.68. The number of nitriles is 1. The number of nitrogens with one attached hydrogen (secondary N) is 1. The second-order valence-electron chi connectivity index (χ2n) is 2.63. The summed E-state index contributed by atoms with van der Waals surface area (Å²) in [6, 6.07) is 7.16. The summed E-state index contributed by atoms with van der Waals surface area (Å²) in [5, 5.41) is 11.6. The molecule has 13 heavy (non-hydrogen) atoms. The zero-order chi connectivity index (χ0) is 9.68. The monoisotopic (exact) mass is 176 g/mol. The van der Waals surface area contributed by atoms with E-state index in [2.05, 4.69) is 5.32 Å². The van der Waals surface area contributed by atoms with Crippen LogP contribution in [0.3, 0.4) is 0 Å². The van der Waals surface area contributed by atoms with Crippen LogP contribution in [-0.4, -0.2) is 13.1 Å². The molecule has 0 unspecified atom stereocenters. The smallest absolute Gasteiger partial charge is 0.0992 e. The molecule has 0 bridgehead atoms. The van der Waals surface area contributed by atoms with E-state index in [4.69, 9.17) is 16.7 Å². The lowest BCUT2D eigenvalue weighted by Crippen LogP contribution is -2.13. The predicted octanol–water partition coefficient (Wildman–Crippen LogP) is 0.511. The predicted molar refractivity (Wildman–Crippen MR) is 53.1 cm³/mol. The molecule has 1 aromatic rings. The highest BCUT2D eigenvalue weighted by atomic mass is 14.9. The molecule has 68 valence electrons. The molecule has 0 saturated carbocycles. The van der Waals surface area contributed by atoms with Crippen LogP contribution < -0.4 is 16.8 Å². The van der Waals surface area contributed by atoms with Crippen LogP contribution in [0.4, 0.5) is 11.4 Å². The van der Waals surface area contributed by atoms with Crippen LogP contribution in [0.5, 0.6) is 0 Å². The summed E-state index contributed by atoms with van der Waals surface area (Å²) in [6.07, 6.45) is 0. The molecule has 0 aliphatic heterocycles. The molecule has 4 nitrogen and oxygen atoms in total. The third-order valence-electron chi connectivity index (χ3n) is 1.64. The summed E-state index contributed by atoms with van der Waals surface area (Å²) in [4.78, 5) is 0. The molecule has 5 N–H and O–H groups in total. The zero-order valence-corrected chi connectivity index (χ0v) is 7.25. The average molecular weight is 176 g/mol. The molecule has 0 heterocycles. The SMILES string of the molecule is N#Cc1ccc(NCCN)c(N)c1. The van der Waals surface area contributed by atoms with Gasteiger partial charge in [-0.15, -0.1) is 0 Å². The summed E-state index contributed by atoms with van der Waals surface area (Å²) in [5.74, 6) is 0. The van der Waals surface area contributed by atoms with Gasteiger partial charge in [0.2, 0.25) is 0 Å². The van der Waals surface area contributed by atoms with Crippen LogP contribution in [0.15, 0.2) is 18.2 Å². The molecule has 0 fully saturated rings. The summed E-state index contributed by atoms with van der Waals surface area (Å²) in [5.41, 5.74) is 13.0. The van der Waals surface area contributed by atoms with Crippen molar-refractivity contribution >= 4 is 11.4 Å². The molecular weight excluding hydrogens is 164 g/mol. The minimum atomic E-state index is 0.555. The number of nitrogens with two attached hydrogens (primary N) is 2. The van der Waals surface area contributed by atoms with Crippen LogP contribution in [0.2, 0.25) is 0 Å². The fourth-order valence-electron chi connectivity index (χ4n) is 1.00. The summed E-state index contributed by atoms with van der Waals surface area (Å²) in [7, 11) is 0. The summed E-state index contributed by atoms with van der Waals surface area (Å²) >= 11 is 0. The Hall–Kier alpha value is -1.73. The zero-order valence-electron chi connectivity index (χ0n) is 7.25. The van der Waals surface area contributed by atoms with Gasteiger partial charge in [-0.2, -0.15) is 5.26 Å². The first-order valence-corrected chi connectivity index (χ1v) is 4.01. The van der Waals surface area contributed by atoms with Crippen molar-refractivity contribution in [3.8, 4) is 6.07 Å². The number of hydrogen-bond donors (Lipinski definition) is 3. The van der Waals surface area contributed by atoms with Gasteiger partial charge in [0.25, 0.3) is 0 Å². The van der Waals surface area contributed by atoms with Crippen LogP contribution >= 0.6 is 0 Å². The Balaban J connectivity index is 2.81. The average Bonchev–Trinajstić information content (AvgIpc) is 2.16. The van der Waals surface area contributed by atoms with Crippen molar-refractivity contribution in [2.45, 2.75) is 0 Å². The van der Waals surface area contributed by atoms with Crippen molar-refractivity contribution in [3.05, 3.63) is 23.8 Å². The molecule has 1 rings (SSSR count). The molecule has 4 heteroatoms. The maximum Gasteiger partial charge on any atom is 0.0992 e. The molecule has 1 aromatic carbocycles. The summed E-state index contributed by atoms with van der Waals surface area (Å²) < 4.78 is 0. The molecule has 0 spiro atoms. The van der Waals surface area contributed by atoms with E-state index in [0.29, 0.717) is 24.3 Å². The molecule has 0 saturated heterocycles. The normalized spacial score (nSPS) is 9.23. The maximum absolute atomic E-state index is 8.58. The van der Waals surface area contributed by atoms with Gasteiger partial charge >= 0.3 is 0 Å². The number of benzene rings is 1. The van der Waals surface area contributed by atoms with E-state index < -0.39 is 0 Å². The van der Waals surface area contributed by atoms with E-state index in [-0.39, 0.29) is 0 Å². The Bertz CT molecular complexity index is 327. The van der Waals surface area contributed by atoms with Gasteiger partial charge in [0.15, 0.2) is 0 Å². The highest BCUT2D eigenvalue weighted by Crippen LogP contribution is 2.18. The van der Waals surface area contributed by atoms with Gasteiger partial charge < -0.3 is 16.8 Å². The van der Waals surface area contributed by atoms with Crippen LogP contribution in [0.25, 0.3) is 0 Å². The van der Waals surface area contributed by atoms with Crippen molar-refractivity contribution in [1.29, 1.82) is 5.26 Å². The highest BCUT2D eigenvalue weighted by Gasteiger charge is 1.98. The van der Waals surface area contributed by atoms with E-state index in [1.54, 1.807) is 18.2 Å². The lowest BCUT2D eigenvalue weighted by molar-refractivity contribution is 1.02. The topological polar surface area (TPSA) is 87.9 Å². The quantitative estimate of drug-likeness (QED) is 0.585. The Morgan fingerprint density at radius 2 is 2.23 bits per heavy atom. The third-order valence-corrected chi connectivity index (χ3v) is 1.64. The fraction of sp³-hybridized carbons (Fsp3) is 0.222. The van der Waals surface area contributed by atoms with Crippen molar-refractivity contribution in [2.24, 2.45) is 5.73 Å². The van der Waals surface area contributed by atoms with E-state index in [0.717, 1.165) is 5.69 Å². The van der Waals surface area contributed by atoms with Gasteiger partial charge in [-0.05, 0) is 18.2 Å². The van der Waals surface area contributed by atoms with Crippen molar-refractivity contribution in [1.82, 2.24) is 0 Å². The number of nitrogen functional groups attached to an aromatic ring is 1. The van der Waals surface area contributed by atoms with Gasteiger partial charge in [0.05, 0.1) is 23.0 Å². The third kappa shape index (κ3) is 2.36. The number of anilines is 2. The Morgan fingerprint density at radius 3 is 2.77 bits per heavy atom. The number of rotatable bonds is 3. The number of hydrogen-bond acceptors (Lipinski definition) is 4. The van der Waals surface area contributed by atoms with Gasteiger partial charge in [0.1, 0.15) is 0 Å². The van der Waals surface area contributed by atoms with Gasteiger partial charge in [0, 0.05) is 13.1 Å². The molecule has 0 radical (unpaired) electrons. The van der Waals surface area contributed by atoms with E-state index in [1.165, 1.54) is 0 Å². The second-order valence-corrected chi connectivity index (χ2v) is 2.63. The lowest BCUT2D eigenvalue weighted by atomic mass is 10.2. The van der Waals surface area contributed by atoms with Gasteiger partial charge in [-0.3, -0.25) is 0 Å².